The molecule has 3 unspecified atom stereocenters. The molecule has 0 radical (unpaired) electrons. The Bertz CT molecular complexity index is 919. The fraction of sp³-hybridized carbons (Fsp3) is 0.885. The van der Waals surface area contributed by atoms with Crippen LogP contribution >= 0.6 is 0 Å². The van der Waals surface area contributed by atoms with E-state index >= 15 is 0 Å². The third-order valence-corrected chi connectivity index (χ3v) is 11.8. The minimum atomic E-state index is -0.783. The molecule has 0 aliphatic carbocycles. The Morgan fingerprint density at radius 3 is 1.40 bits per heavy atom. The first-order valence-corrected chi connectivity index (χ1v) is 25.6. The van der Waals surface area contributed by atoms with Gasteiger partial charge in [-0.3, -0.25) is 9.59 Å². The first kappa shape index (κ1) is 56.3. The summed E-state index contributed by atoms with van der Waals surface area (Å²) in [6, 6.07) is -0.696. The van der Waals surface area contributed by atoms with Crippen molar-refractivity contribution in [2.24, 2.45) is 0 Å². The van der Waals surface area contributed by atoms with Crippen LogP contribution in [0.25, 0.3) is 0 Å². The van der Waals surface area contributed by atoms with Gasteiger partial charge in [0.15, 0.2) is 0 Å². The van der Waals surface area contributed by atoms with Crippen molar-refractivity contribution in [3.63, 3.8) is 0 Å². The van der Waals surface area contributed by atoms with Crippen LogP contribution in [0.15, 0.2) is 24.3 Å². The van der Waals surface area contributed by atoms with Gasteiger partial charge in [0.05, 0.1) is 25.2 Å². The predicted octanol–water partition coefficient (Wildman–Crippen LogP) is 15.1. The third-order valence-electron chi connectivity index (χ3n) is 11.8. The molecular formula is C52H99NO5. The number of hydrogen-bond donors (Lipinski definition) is 3. The average Bonchev–Trinajstić information content (AvgIpc) is 3.22. The lowest BCUT2D eigenvalue weighted by Gasteiger charge is -2.24. The van der Waals surface area contributed by atoms with Crippen molar-refractivity contribution < 1.29 is 24.5 Å². The zero-order chi connectivity index (χ0) is 42.4. The number of allylic oxidation sites excluding steroid dienone is 4. The first-order chi connectivity index (χ1) is 28.5. The molecule has 0 rings (SSSR count). The maximum Gasteiger partial charge on any atom is 0.306 e. The number of aliphatic hydroxyl groups excluding tert-OH is 2. The lowest BCUT2D eigenvalue weighted by Crippen LogP contribution is -2.46. The summed E-state index contributed by atoms with van der Waals surface area (Å²) < 4.78 is 5.93. The van der Waals surface area contributed by atoms with Gasteiger partial charge in [0.1, 0.15) is 6.10 Å². The molecular weight excluding hydrogens is 719 g/mol. The van der Waals surface area contributed by atoms with Crippen molar-refractivity contribution in [3.05, 3.63) is 24.3 Å². The van der Waals surface area contributed by atoms with E-state index in [9.17, 15) is 19.8 Å². The van der Waals surface area contributed by atoms with E-state index in [1.807, 2.05) is 0 Å². The van der Waals surface area contributed by atoms with Gasteiger partial charge in [0, 0.05) is 6.42 Å². The van der Waals surface area contributed by atoms with E-state index < -0.39 is 18.2 Å². The monoisotopic (exact) mass is 818 g/mol. The summed E-state index contributed by atoms with van der Waals surface area (Å²) in [4.78, 5) is 26.1. The number of aliphatic hydroxyl groups is 2. The highest BCUT2D eigenvalue weighted by atomic mass is 16.5. The minimum Gasteiger partial charge on any atom is -0.462 e. The van der Waals surface area contributed by atoms with Crippen LogP contribution in [-0.2, 0) is 14.3 Å². The van der Waals surface area contributed by atoms with Crippen LogP contribution < -0.4 is 5.32 Å². The maximum absolute atomic E-state index is 13.2. The standard InChI is InChI=1S/C52H99NO5/c1-4-7-10-13-16-19-21-23-25-26-27-29-32-34-37-40-43-48(58-52(57)45-42-39-36-33-30-28-24-22-20-17-14-11-8-5-2)46-51(56)53-49(47-54)50(55)44-41-38-35-31-18-15-12-9-6-3/h8,11,17,20,48-50,54-55H,4-7,9-10,12-16,18-19,21-47H2,1-3H3,(H,53,56)/b11-8+,20-17+. The molecule has 0 spiro atoms. The number of unbranched alkanes of at least 4 members (excludes halogenated alkanes) is 30. The zero-order valence-corrected chi connectivity index (χ0v) is 38.9. The molecule has 0 aliphatic heterocycles. The van der Waals surface area contributed by atoms with E-state index in [0.717, 1.165) is 70.6 Å². The number of hydrogen-bond acceptors (Lipinski definition) is 5. The van der Waals surface area contributed by atoms with E-state index in [1.165, 1.54) is 154 Å². The van der Waals surface area contributed by atoms with E-state index in [1.54, 1.807) is 0 Å². The van der Waals surface area contributed by atoms with Gasteiger partial charge in [0.25, 0.3) is 0 Å². The molecule has 6 nitrogen and oxygen atoms in total. The molecule has 0 aromatic rings. The number of rotatable bonds is 46. The van der Waals surface area contributed by atoms with Gasteiger partial charge < -0.3 is 20.3 Å². The lowest BCUT2D eigenvalue weighted by atomic mass is 10.0. The molecule has 3 atom stereocenters. The topological polar surface area (TPSA) is 95.9 Å². The normalized spacial score (nSPS) is 13.4. The van der Waals surface area contributed by atoms with Crippen molar-refractivity contribution in [2.45, 2.75) is 289 Å². The SMILES string of the molecule is CC/C=C/C/C=C/CCCCCCCCCC(=O)OC(CCCCCCCCCCCCCCCCCC)CC(=O)NC(CO)C(O)CCCCCCCCCCC. The van der Waals surface area contributed by atoms with Crippen molar-refractivity contribution >= 4 is 11.9 Å². The number of ether oxygens (including phenoxy) is 1. The molecule has 0 bridgehead atoms. The molecule has 342 valence electrons. The second-order valence-electron chi connectivity index (χ2n) is 17.5. The highest BCUT2D eigenvalue weighted by Crippen LogP contribution is 2.18. The summed E-state index contributed by atoms with van der Waals surface area (Å²) in [5.74, 6) is -0.470. The van der Waals surface area contributed by atoms with E-state index in [2.05, 4.69) is 50.4 Å². The molecule has 0 fully saturated rings. The maximum atomic E-state index is 13.2. The zero-order valence-electron chi connectivity index (χ0n) is 38.9. The minimum absolute atomic E-state index is 0.0797. The Kier molecular flexibility index (Phi) is 45.1. The van der Waals surface area contributed by atoms with E-state index in [-0.39, 0.29) is 24.9 Å². The van der Waals surface area contributed by atoms with Crippen molar-refractivity contribution in [2.75, 3.05) is 6.61 Å². The largest absolute Gasteiger partial charge is 0.462 e. The molecule has 58 heavy (non-hydrogen) atoms. The fourth-order valence-corrected chi connectivity index (χ4v) is 7.94. The second-order valence-corrected chi connectivity index (χ2v) is 17.5. The Morgan fingerprint density at radius 1 is 0.517 bits per heavy atom. The van der Waals surface area contributed by atoms with Crippen molar-refractivity contribution in [1.82, 2.24) is 5.32 Å². The number of esters is 1. The molecule has 1 amide bonds. The first-order valence-electron chi connectivity index (χ1n) is 25.6. The number of carbonyl (C=O) groups excluding carboxylic acids is 2. The van der Waals surface area contributed by atoms with Crippen molar-refractivity contribution in [1.29, 1.82) is 0 Å². The summed E-state index contributed by atoms with van der Waals surface area (Å²) in [5.41, 5.74) is 0. The molecule has 3 N–H and O–H groups in total. The Hall–Kier alpha value is -1.66. The van der Waals surface area contributed by atoms with Crippen LogP contribution in [0.4, 0.5) is 0 Å². The Morgan fingerprint density at radius 2 is 0.931 bits per heavy atom. The summed E-state index contributed by atoms with van der Waals surface area (Å²) in [5, 5.41) is 23.7. The van der Waals surface area contributed by atoms with Crippen LogP contribution in [0.1, 0.15) is 271 Å². The molecule has 0 aromatic carbocycles. The van der Waals surface area contributed by atoms with Crippen LogP contribution in [0.3, 0.4) is 0 Å². The van der Waals surface area contributed by atoms with Gasteiger partial charge in [-0.2, -0.15) is 0 Å². The summed E-state index contributed by atoms with van der Waals surface area (Å²) in [6.45, 7) is 6.38. The molecule has 0 saturated heterocycles. The highest BCUT2D eigenvalue weighted by Gasteiger charge is 2.24. The predicted molar refractivity (Wildman–Crippen MR) is 250 cm³/mol. The molecule has 0 aromatic heterocycles. The Labute approximate surface area is 361 Å². The summed E-state index contributed by atoms with van der Waals surface area (Å²) in [6.07, 6.45) is 52.4. The average molecular weight is 818 g/mol. The van der Waals surface area contributed by atoms with E-state index in [0.29, 0.717) is 19.3 Å². The third kappa shape index (κ3) is 41.1. The lowest BCUT2D eigenvalue weighted by molar-refractivity contribution is -0.151. The fourth-order valence-electron chi connectivity index (χ4n) is 7.94. The smallest absolute Gasteiger partial charge is 0.306 e. The second kappa shape index (κ2) is 46.4. The number of nitrogens with one attached hydrogen (secondary N) is 1. The molecule has 0 saturated carbocycles. The van der Waals surface area contributed by atoms with Gasteiger partial charge in [-0.1, -0.05) is 231 Å². The van der Waals surface area contributed by atoms with Crippen LogP contribution in [0.5, 0.6) is 0 Å². The quantitative estimate of drug-likeness (QED) is 0.0323. The highest BCUT2D eigenvalue weighted by molar-refractivity contribution is 5.77. The van der Waals surface area contributed by atoms with Gasteiger partial charge in [0.2, 0.25) is 5.91 Å². The van der Waals surface area contributed by atoms with Gasteiger partial charge >= 0.3 is 5.97 Å². The van der Waals surface area contributed by atoms with E-state index in [4.69, 9.17) is 4.74 Å². The number of carbonyl (C=O) groups is 2. The number of amides is 1. The van der Waals surface area contributed by atoms with Gasteiger partial charge in [-0.15, -0.1) is 0 Å². The summed E-state index contributed by atoms with van der Waals surface area (Å²) in [7, 11) is 0. The van der Waals surface area contributed by atoms with Crippen molar-refractivity contribution in [3.8, 4) is 0 Å². The van der Waals surface area contributed by atoms with Crippen LogP contribution in [-0.4, -0.2) is 46.9 Å². The molecule has 0 heterocycles. The molecule has 0 aliphatic rings. The Balaban J connectivity index is 4.54. The van der Waals surface area contributed by atoms with Crippen LogP contribution in [0, 0.1) is 0 Å². The van der Waals surface area contributed by atoms with Crippen LogP contribution in [0.2, 0.25) is 0 Å². The summed E-state index contributed by atoms with van der Waals surface area (Å²) >= 11 is 0. The van der Waals surface area contributed by atoms with Gasteiger partial charge in [-0.25, -0.2) is 0 Å². The molecule has 6 heteroatoms. The van der Waals surface area contributed by atoms with Gasteiger partial charge in [-0.05, 0) is 51.4 Å².